The second-order valence-corrected chi connectivity index (χ2v) is 5.00. The van der Waals surface area contributed by atoms with Crippen LogP contribution in [0.1, 0.15) is 40.0 Å². The van der Waals surface area contributed by atoms with E-state index in [9.17, 15) is 24.8 Å². The molecule has 0 aromatic heterocycles. The molecule has 0 unspecified atom stereocenters. The maximum absolute atomic E-state index is 11.4. The van der Waals surface area contributed by atoms with Gasteiger partial charge in [-0.3, -0.25) is 19.7 Å². The summed E-state index contributed by atoms with van der Waals surface area (Å²) in [6.07, 6.45) is -1.89. The molecule has 7 heteroatoms. The fourth-order valence-electron chi connectivity index (χ4n) is 1.23. The molecule has 0 aromatic carbocycles. The van der Waals surface area contributed by atoms with E-state index in [1.807, 2.05) is 0 Å². The summed E-state index contributed by atoms with van der Waals surface area (Å²) < 4.78 is 4.94. The minimum atomic E-state index is -1.09. The van der Waals surface area contributed by atoms with Crippen molar-refractivity contribution in [1.82, 2.24) is 0 Å². The minimum Gasteiger partial charge on any atom is -0.460 e. The molecule has 0 amide bonds. The molecule has 0 radical (unpaired) electrons. The second-order valence-electron chi connectivity index (χ2n) is 5.00. The van der Waals surface area contributed by atoms with Gasteiger partial charge in [-0.25, -0.2) is 0 Å². The van der Waals surface area contributed by atoms with Crippen LogP contribution in [0.15, 0.2) is 0 Å². The smallest absolute Gasteiger partial charge is 0.313 e. The van der Waals surface area contributed by atoms with Crippen LogP contribution in [0.25, 0.3) is 0 Å². The zero-order valence-corrected chi connectivity index (χ0v) is 10.8. The van der Waals surface area contributed by atoms with Crippen LogP contribution < -0.4 is 0 Å². The third kappa shape index (κ3) is 9.71. The van der Waals surface area contributed by atoms with E-state index < -0.39 is 41.3 Å². The number of ketones is 1. The Bertz CT molecular complexity index is 320. The van der Waals surface area contributed by atoms with Gasteiger partial charge in [0.05, 0.1) is 6.10 Å². The van der Waals surface area contributed by atoms with Crippen molar-refractivity contribution in [1.29, 1.82) is 0 Å². The normalized spacial score (nSPS) is 12.9. The van der Waals surface area contributed by atoms with Crippen LogP contribution in [-0.4, -0.2) is 40.0 Å². The number of esters is 1. The molecule has 0 bridgehead atoms. The van der Waals surface area contributed by atoms with E-state index in [-0.39, 0.29) is 12.8 Å². The van der Waals surface area contributed by atoms with Crippen molar-refractivity contribution in [2.75, 3.05) is 6.54 Å². The van der Waals surface area contributed by atoms with Gasteiger partial charge in [0, 0.05) is 17.8 Å². The summed E-state index contributed by atoms with van der Waals surface area (Å²) in [6, 6.07) is 0. The number of hydrogen-bond donors (Lipinski definition) is 1. The Kier molecular flexibility index (Phi) is 6.46. The lowest BCUT2D eigenvalue weighted by molar-refractivity contribution is -0.481. The van der Waals surface area contributed by atoms with Gasteiger partial charge < -0.3 is 9.84 Å². The van der Waals surface area contributed by atoms with E-state index in [4.69, 9.17) is 4.74 Å². The van der Waals surface area contributed by atoms with Gasteiger partial charge in [-0.15, -0.1) is 0 Å². The van der Waals surface area contributed by atoms with Crippen LogP contribution in [0.4, 0.5) is 0 Å². The first-order chi connectivity index (χ1) is 8.10. The molecule has 0 heterocycles. The van der Waals surface area contributed by atoms with E-state index in [1.165, 1.54) is 0 Å². The summed E-state index contributed by atoms with van der Waals surface area (Å²) in [6.45, 7) is 4.64. The Balaban J connectivity index is 3.96. The van der Waals surface area contributed by atoms with E-state index in [0.29, 0.717) is 0 Å². The number of aliphatic hydroxyl groups excluding tert-OH is 1. The van der Waals surface area contributed by atoms with Gasteiger partial charge in [0.15, 0.2) is 0 Å². The number of rotatable bonds is 7. The molecule has 18 heavy (non-hydrogen) atoms. The number of ether oxygens (including phenoxy) is 1. The first-order valence-corrected chi connectivity index (χ1v) is 5.63. The van der Waals surface area contributed by atoms with E-state index in [2.05, 4.69) is 0 Å². The van der Waals surface area contributed by atoms with Crippen molar-refractivity contribution in [2.24, 2.45) is 0 Å². The fraction of sp³-hybridized carbons (Fsp3) is 0.818. The van der Waals surface area contributed by atoms with Crippen LogP contribution >= 0.6 is 0 Å². The van der Waals surface area contributed by atoms with Crippen molar-refractivity contribution < 1.29 is 24.4 Å². The molecule has 1 N–H and O–H groups in total. The number of nitrogens with zero attached hydrogens (tertiary/aromatic N) is 1. The second kappa shape index (κ2) is 7.05. The van der Waals surface area contributed by atoms with Crippen molar-refractivity contribution in [3.05, 3.63) is 10.1 Å². The predicted molar refractivity (Wildman–Crippen MR) is 62.6 cm³/mol. The molecule has 0 spiro atoms. The van der Waals surface area contributed by atoms with E-state index in [1.54, 1.807) is 20.8 Å². The first-order valence-electron chi connectivity index (χ1n) is 5.63. The van der Waals surface area contributed by atoms with Gasteiger partial charge >= 0.3 is 5.97 Å². The third-order valence-electron chi connectivity index (χ3n) is 1.87. The lowest BCUT2D eigenvalue weighted by atomic mass is 10.1. The molecule has 0 fully saturated rings. The summed E-state index contributed by atoms with van der Waals surface area (Å²) >= 11 is 0. The Hall–Kier alpha value is -1.50. The topological polar surface area (TPSA) is 107 Å². The molecule has 1 atom stereocenters. The number of Topliss-reactive ketones (excluding diaryl/α,β-unsaturated/α-hetero) is 1. The molecular formula is C11H19NO6. The average Bonchev–Trinajstić information content (AvgIpc) is 2.10. The van der Waals surface area contributed by atoms with Gasteiger partial charge in [0.25, 0.3) is 0 Å². The van der Waals surface area contributed by atoms with Crippen LogP contribution in [0, 0.1) is 10.1 Å². The third-order valence-corrected chi connectivity index (χ3v) is 1.87. The molecule has 0 aromatic rings. The largest absolute Gasteiger partial charge is 0.460 e. The van der Waals surface area contributed by atoms with Crippen molar-refractivity contribution in [2.45, 2.75) is 51.7 Å². The number of carbonyl (C=O) groups excluding carboxylic acids is 2. The summed E-state index contributed by atoms with van der Waals surface area (Å²) in [5.41, 5.74) is -0.665. The van der Waals surface area contributed by atoms with Crippen LogP contribution in [0.2, 0.25) is 0 Å². The average molecular weight is 261 g/mol. The number of aliphatic hydroxyl groups is 1. The van der Waals surface area contributed by atoms with Gasteiger partial charge in [-0.2, -0.15) is 0 Å². The lowest BCUT2D eigenvalue weighted by Crippen LogP contribution is -2.26. The highest BCUT2D eigenvalue weighted by Crippen LogP contribution is 2.09. The Morgan fingerprint density at radius 2 is 1.94 bits per heavy atom. The standard InChI is InChI=1S/C11H19NO6/c1-11(2,3)18-10(15)7-9(14)6-8(13)4-5-12(16)17/h8,13H,4-7H2,1-3H3/t8-/m1/s1. The molecule has 0 saturated heterocycles. The van der Waals surface area contributed by atoms with E-state index >= 15 is 0 Å². The minimum absolute atomic E-state index is 0.104. The zero-order chi connectivity index (χ0) is 14.3. The molecule has 0 rings (SSSR count). The Morgan fingerprint density at radius 1 is 1.39 bits per heavy atom. The number of hydrogen-bond acceptors (Lipinski definition) is 6. The van der Waals surface area contributed by atoms with Crippen molar-refractivity contribution in [3.8, 4) is 0 Å². The lowest BCUT2D eigenvalue weighted by Gasteiger charge is -2.19. The van der Waals surface area contributed by atoms with Crippen molar-refractivity contribution in [3.63, 3.8) is 0 Å². The summed E-state index contributed by atoms with van der Waals surface area (Å²) in [7, 11) is 0. The Labute approximate surface area is 105 Å². The monoisotopic (exact) mass is 261 g/mol. The maximum Gasteiger partial charge on any atom is 0.313 e. The van der Waals surface area contributed by atoms with Crippen LogP contribution in [0.3, 0.4) is 0 Å². The quantitative estimate of drug-likeness (QED) is 0.313. The highest BCUT2D eigenvalue weighted by atomic mass is 16.6. The summed E-state index contributed by atoms with van der Waals surface area (Å²) in [5.74, 6) is -1.14. The highest BCUT2D eigenvalue weighted by molar-refractivity contribution is 5.95. The number of nitro groups is 1. The molecule has 0 saturated carbocycles. The van der Waals surface area contributed by atoms with Gasteiger partial charge in [0.2, 0.25) is 6.54 Å². The molecule has 104 valence electrons. The zero-order valence-electron chi connectivity index (χ0n) is 10.8. The molecule has 0 aliphatic rings. The summed E-state index contributed by atoms with van der Waals surface area (Å²) in [5, 5.41) is 19.4. The summed E-state index contributed by atoms with van der Waals surface area (Å²) in [4.78, 5) is 32.1. The SMILES string of the molecule is CC(C)(C)OC(=O)CC(=O)C[C@H](O)CC[N+](=O)[O-]. The van der Waals surface area contributed by atoms with Gasteiger partial charge in [-0.05, 0) is 20.8 Å². The van der Waals surface area contributed by atoms with Gasteiger partial charge in [0.1, 0.15) is 17.8 Å². The molecule has 7 nitrogen and oxygen atoms in total. The van der Waals surface area contributed by atoms with Crippen LogP contribution in [-0.2, 0) is 14.3 Å². The highest BCUT2D eigenvalue weighted by Gasteiger charge is 2.21. The molecule has 0 aliphatic heterocycles. The van der Waals surface area contributed by atoms with Gasteiger partial charge in [-0.1, -0.05) is 0 Å². The van der Waals surface area contributed by atoms with Crippen LogP contribution in [0.5, 0.6) is 0 Å². The fourth-order valence-corrected chi connectivity index (χ4v) is 1.23. The molecular weight excluding hydrogens is 242 g/mol. The molecule has 0 aliphatic carbocycles. The number of carbonyl (C=O) groups is 2. The van der Waals surface area contributed by atoms with E-state index in [0.717, 1.165) is 0 Å². The predicted octanol–water partition coefficient (Wildman–Crippen LogP) is 0.705. The van der Waals surface area contributed by atoms with Crippen molar-refractivity contribution >= 4 is 11.8 Å². The maximum atomic E-state index is 11.4. The Morgan fingerprint density at radius 3 is 2.39 bits per heavy atom. The first kappa shape index (κ1) is 16.5.